The van der Waals surface area contributed by atoms with Crippen LogP contribution in [0, 0.1) is 5.92 Å². The molecule has 0 amide bonds. The van der Waals surface area contributed by atoms with Crippen molar-refractivity contribution >= 4 is 21.7 Å². The second-order valence-corrected chi connectivity index (χ2v) is 10.5. The molecule has 1 aliphatic rings. The Balaban J connectivity index is 2.00. The van der Waals surface area contributed by atoms with Gasteiger partial charge in [-0.2, -0.15) is 26.3 Å². The molecule has 10 heteroatoms. The molecule has 0 N–H and O–H groups in total. The van der Waals surface area contributed by atoms with E-state index in [0.29, 0.717) is 5.39 Å². The molecule has 3 nitrogen and oxygen atoms in total. The summed E-state index contributed by atoms with van der Waals surface area (Å²) >= 11 is 0. The normalized spacial score (nSPS) is 17.2. The van der Waals surface area contributed by atoms with Gasteiger partial charge in [0, 0.05) is 34.7 Å². The molecule has 3 rings (SSSR count). The topological polar surface area (TPSA) is 27.7 Å². The van der Waals surface area contributed by atoms with Gasteiger partial charge >= 0.3 is 12.4 Å². The maximum absolute atomic E-state index is 13.9. The number of benzene rings is 2. The molecular weight excluding hydrogens is 470 g/mol. The van der Waals surface area contributed by atoms with Gasteiger partial charge in [-0.3, -0.25) is 0 Å². The Hall–Kier alpha value is -1.65. The molecule has 0 radical (unpaired) electrons. The smallest absolute Gasteiger partial charge is 0.430 e. The van der Waals surface area contributed by atoms with Gasteiger partial charge in [-0.05, 0) is 31.0 Å². The third-order valence-electron chi connectivity index (χ3n) is 5.63. The molecule has 1 aliphatic heterocycles. The molecule has 0 bridgehead atoms. The fourth-order valence-electron chi connectivity index (χ4n) is 3.82. The van der Waals surface area contributed by atoms with Crippen LogP contribution in [-0.4, -0.2) is 49.5 Å². The monoisotopic (exact) mass is 497 g/mol. The zero-order valence-electron chi connectivity index (χ0n) is 18.6. The highest BCUT2D eigenvalue weighted by Gasteiger charge is 2.74. The van der Waals surface area contributed by atoms with Crippen molar-refractivity contribution in [3.8, 4) is 5.75 Å². The Morgan fingerprint density at radius 2 is 1.45 bits per heavy atom. The van der Waals surface area contributed by atoms with Gasteiger partial charge < -0.3 is 14.2 Å². The van der Waals surface area contributed by atoms with E-state index in [1.54, 1.807) is 24.3 Å². The van der Waals surface area contributed by atoms with Crippen molar-refractivity contribution in [1.29, 1.82) is 0 Å². The van der Waals surface area contributed by atoms with Crippen LogP contribution in [0.5, 0.6) is 5.75 Å². The fourth-order valence-corrected chi connectivity index (χ4v) is 6.32. The van der Waals surface area contributed by atoms with Crippen molar-refractivity contribution in [1.82, 2.24) is 0 Å². The van der Waals surface area contributed by atoms with Gasteiger partial charge in [0.1, 0.15) is 23.9 Å². The summed E-state index contributed by atoms with van der Waals surface area (Å²) in [4.78, 5) is 1.06. The van der Waals surface area contributed by atoms with E-state index in [4.69, 9.17) is 9.47 Å². The number of hydrogen-bond donors (Lipinski definition) is 0. The van der Waals surface area contributed by atoms with Gasteiger partial charge in [0.2, 0.25) is 0 Å². The predicted molar refractivity (Wildman–Crippen MR) is 116 cm³/mol. The van der Waals surface area contributed by atoms with Gasteiger partial charge in [-0.1, -0.05) is 32.0 Å². The SMILES string of the molecule is COC(OC(COc1ccc([S+]2CCCC2)c2ccccc12)(C(F)(F)F)C(F)(F)F)C(C)C. The van der Waals surface area contributed by atoms with E-state index < -0.39 is 36.8 Å². The summed E-state index contributed by atoms with van der Waals surface area (Å²) in [5, 5.41) is 1.25. The summed E-state index contributed by atoms with van der Waals surface area (Å²) in [5.74, 6) is 1.23. The van der Waals surface area contributed by atoms with Crippen molar-refractivity contribution in [2.45, 2.75) is 55.8 Å². The van der Waals surface area contributed by atoms with Crippen molar-refractivity contribution < 1.29 is 40.6 Å². The average molecular weight is 498 g/mol. The summed E-state index contributed by atoms with van der Waals surface area (Å²) in [6.07, 6.45) is -11.1. The number of fused-ring (bicyclic) bond motifs is 1. The molecule has 0 saturated carbocycles. The number of hydrogen-bond acceptors (Lipinski definition) is 3. The lowest BCUT2D eigenvalue weighted by Crippen LogP contribution is -2.64. The number of ether oxygens (including phenoxy) is 3. The second-order valence-electron chi connectivity index (χ2n) is 8.29. The van der Waals surface area contributed by atoms with E-state index >= 15 is 0 Å². The highest BCUT2D eigenvalue weighted by atomic mass is 32.2. The molecule has 0 aromatic heterocycles. The Labute approximate surface area is 191 Å². The molecule has 0 aliphatic carbocycles. The summed E-state index contributed by atoms with van der Waals surface area (Å²) in [6, 6.07) is 10.1. The van der Waals surface area contributed by atoms with Crippen molar-refractivity contribution in [2.24, 2.45) is 5.92 Å². The molecule has 184 valence electrons. The number of rotatable bonds is 8. The first-order chi connectivity index (χ1) is 15.4. The summed E-state index contributed by atoms with van der Waals surface area (Å²) in [5.41, 5.74) is -4.56. The minimum Gasteiger partial charge on any atom is -0.489 e. The molecular formula is C23H27F6O3S+. The maximum atomic E-state index is 13.9. The van der Waals surface area contributed by atoms with Gasteiger partial charge in [0.25, 0.3) is 5.60 Å². The molecule has 1 heterocycles. The van der Waals surface area contributed by atoms with E-state index in [-0.39, 0.29) is 16.6 Å². The van der Waals surface area contributed by atoms with E-state index in [2.05, 4.69) is 4.74 Å². The molecule has 1 unspecified atom stereocenters. The summed E-state index contributed by atoms with van der Waals surface area (Å²) in [7, 11) is 1.01. The third-order valence-corrected chi connectivity index (χ3v) is 8.17. The third kappa shape index (κ3) is 5.22. The number of alkyl halides is 6. The van der Waals surface area contributed by atoms with E-state index in [0.717, 1.165) is 41.7 Å². The molecule has 1 fully saturated rings. The highest BCUT2D eigenvalue weighted by molar-refractivity contribution is 7.97. The van der Waals surface area contributed by atoms with Crippen LogP contribution in [0.2, 0.25) is 0 Å². The zero-order valence-corrected chi connectivity index (χ0v) is 19.4. The molecule has 0 spiro atoms. The lowest BCUT2D eigenvalue weighted by molar-refractivity contribution is -0.415. The highest BCUT2D eigenvalue weighted by Crippen LogP contribution is 2.48. The van der Waals surface area contributed by atoms with Crippen molar-refractivity contribution in [2.75, 3.05) is 25.2 Å². The second kappa shape index (κ2) is 9.92. The zero-order chi connectivity index (χ0) is 24.4. The minimum atomic E-state index is -5.79. The van der Waals surface area contributed by atoms with E-state index in [9.17, 15) is 26.3 Å². The van der Waals surface area contributed by atoms with Gasteiger partial charge in [0.05, 0.1) is 0 Å². The average Bonchev–Trinajstić information content (AvgIpc) is 3.26. The van der Waals surface area contributed by atoms with Crippen LogP contribution in [0.15, 0.2) is 41.3 Å². The quantitative estimate of drug-likeness (QED) is 0.237. The Morgan fingerprint density at radius 3 is 1.97 bits per heavy atom. The van der Waals surface area contributed by atoms with Gasteiger partial charge in [-0.15, -0.1) is 0 Å². The summed E-state index contributed by atoms with van der Waals surface area (Å²) < 4.78 is 98.3. The molecule has 33 heavy (non-hydrogen) atoms. The van der Waals surface area contributed by atoms with E-state index in [1.807, 2.05) is 6.07 Å². The first-order valence-corrected chi connectivity index (χ1v) is 12.1. The van der Waals surface area contributed by atoms with Gasteiger partial charge in [0.15, 0.2) is 11.2 Å². The van der Waals surface area contributed by atoms with Crippen LogP contribution < -0.4 is 4.74 Å². The Kier molecular flexibility index (Phi) is 7.80. The lowest BCUT2D eigenvalue weighted by atomic mass is 10.0. The largest absolute Gasteiger partial charge is 0.489 e. The van der Waals surface area contributed by atoms with Crippen LogP contribution in [0.1, 0.15) is 26.7 Å². The van der Waals surface area contributed by atoms with E-state index in [1.165, 1.54) is 19.9 Å². The van der Waals surface area contributed by atoms with Gasteiger partial charge in [-0.25, -0.2) is 0 Å². The van der Waals surface area contributed by atoms with Crippen LogP contribution in [0.25, 0.3) is 10.8 Å². The first kappa shape index (κ1) is 26.0. The molecule has 2 aromatic carbocycles. The minimum absolute atomic E-state index is 0.00618. The predicted octanol–water partition coefficient (Wildman–Crippen LogP) is 6.50. The number of methoxy groups -OCH3 is 1. The molecule has 1 saturated heterocycles. The molecule has 1 atom stereocenters. The molecule has 2 aromatic rings. The van der Waals surface area contributed by atoms with Crippen molar-refractivity contribution in [3.05, 3.63) is 36.4 Å². The maximum Gasteiger partial charge on any atom is 0.430 e. The number of halogens is 6. The fraction of sp³-hybridized carbons (Fsp3) is 0.565. The van der Waals surface area contributed by atoms with Crippen LogP contribution in [0.4, 0.5) is 26.3 Å². The Morgan fingerprint density at radius 1 is 0.879 bits per heavy atom. The van der Waals surface area contributed by atoms with Crippen LogP contribution >= 0.6 is 0 Å². The van der Waals surface area contributed by atoms with Crippen LogP contribution in [-0.2, 0) is 20.4 Å². The van der Waals surface area contributed by atoms with Crippen molar-refractivity contribution in [3.63, 3.8) is 0 Å². The first-order valence-electron chi connectivity index (χ1n) is 10.6. The summed E-state index contributed by atoms with van der Waals surface area (Å²) in [6.45, 7) is 1.02. The Bertz CT molecular complexity index is 924. The lowest BCUT2D eigenvalue weighted by Gasteiger charge is -2.39. The van der Waals surface area contributed by atoms with Crippen LogP contribution in [0.3, 0.4) is 0 Å². The standard InChI is InChI=1S/C23H27F6O3S/c1-15(2)20(30-3)32-21(22(24,25)26,23(27,28)29)14-31-18-10-11-19(33-12-6-7-13-33)17-9-5-4-8-16(17)18/h4-5,8-11,15,20H,6-7,12-14H2,1-3H3/q+1.